The Morgan fingerprint density at radius 2 is 1.70 bits per heavy atom. The fourth-order valence-corrected chi connectivity index (χ4v) is 7.13. The van der Waals surface area contributed by atoms with E-state index in [1.165, 1.54) is 16.8 Å². The van der Waals surface area contributed by atoms with Crippen LogP contribution in [0.2, 0.25) is 19.6 Å². The van der Waals surface area contributed by atoms with Gasteiger partial charge in [-0.2, -0.15) is 0 Å². The molecule has 47 heavy (non-hydrogen) atoms. The number of pyridine rings is 2. The second kappa shape index (κ2) is 14.8. The van der Waals surface area contributed by atoms with Gasteiger partial charge in [0.15, 0.2) is 0 Å². The topological polar surface area (TPSA) is 38.9 Å². The van der Waals surface area contributed by atoms with E-state index in [-0.39, 0.29) is 31.2 Å². The Labute approximate surface area is 301 Å². The monoisotopic (exact) mass is 826 g/mol. The minimum absolute atomic E-state index is 0. The van der Waals surface area contributed by atoms with Crippen LogP contribution in [0.1, 0.15) is 58.2 Å². The van der Waals surface area contributed by atoms with Gasteiger partial charge >= 0.3 is 0 Å². The Morgan fingerprint density at radius 3 is 2.38 bits per heavy atom. The molecule has 0 aliphatic carbocycles. The predicted molar refractivity (Wildman–Crippen MR) is 194 cm³/mol. The molecule has 3 aromatic carbocycles. The minimum atomic E-state index is -2.34. The fourth-order valence-electron chi connectivity index (χ4n) is 5.54. The van der Waals surface area contributed by atoms with Gasteiger partial charge in [0.25, 0.3) is 0 Å². The number of para-hydroxylation sites is 1. The standard InChI is InChI=1S/C22H20NO.C19H25FNSi.Ir/c1-22(2,3)14-15-11-12-23-19(13-15)18-9-6-8-17-16-7-4-5-10-20(16)24-21(17)18;1-13(2)9-15-11-18(21-12-19(15)22(4,5)6)16-8-7-14(3)10-17(16)20;/h4-8,10-13H,14H2,1-3H3;7,10-13H,9H2,1-6H3;/q2*-1;/i14D2;3D3;. The Bertz CT molecular complexity index is 2190. The molecular weight excluding hydrogens is 776 g/mol. The molecule has 247 valence electrons. The Hall–Kier alpha value is -3.44. The first-order chi connectivity index (χ1) is 23.7. The molecule has 0 N–H and O–H groups in total. The summed E-state index contributed by atoms with van der Waals surface area (Å²) >= 11 is 0. The number of furan rings is 1. The van der Waals surface area contributed by atoms with Crippen LogP contribution < -0.4 is 5.19 Å². The molecular formula is C41H45FIrN2OSi-2. The van der Waals surface area contributed by atoms with Crippen LogP contribution in [0, 0.1) is 36.1 Å². The van der Waals surface area contributed by atoms with Crippen molar-refractivity contribution in [3.63, 3.8) is 0 Å². The van der Waals surface area contributed by atoms with Gasteiger partial charge in [-0.25, -0.2) is 0 Å². The molecule has 0 amide bonds. The van der Waals surface area contributed by atoms with E-state index in [9.17, 15) is 4.39 Å². The zero-order chi connectivity index (χ0) is 37.5. The summed E-state index contributed by atoms with van der Waals surface area (Å²) in [4.78, 5) is 8.93. The number of fused-ring (bicyclic) bond motifs is 3. The van der Waals surface area contributed by atoms with Crippen LogP contribution >= 0.6 is 0 Å². The van der Waals surface area contributed by atoms with Gasteiger partial charge in [0.05, 0.1) is 13.7 Å². The van der Waals surface area contributed by atoms with Crippen LogP contribution in [0.25, 0.3) is 44.5 Å². The Morgan fingerprint density at radius 1 is 0.957 bits per heavy atom. The van der Waals surface area contributed by atoms with Crippen molar-refractivity contribution in [1.29, 1.82) is 0 Å². The molecule has 6 rings (SSSR count). The molecule has 1 radical (unpaired) electrons. The van der Waals surface area contributed by atoms with E-state index in [0.717, 1.165) is 40.0 Å². The van der Waals surface area contributed by atoms with Crippen LogP contribution in [-0.2, 0) is 32.9 Å². The summed E-state index contributed by atoms with van der Waals surface area (Å²) in [6.45, 7) is 14.5. The maximum Gasteiger partial charge on any atom is 0.120 e. The van der Waals surface area contributed by atoms with E-state index in [1.54, 1.807) is 12.3 Å². The average molecular weight is 826 g/mol. The first kappa shape index (κ1) is 29.7. The third-order valence-corrected chi connectivity index (χ3v) is 9.52. The van der Waals surface area contributed by atoms with Crippen LogP contribution in [0.15, 0.2) is 83.5 Å². The molecule has 3 nitrogen and oxygen atoms in total. The van der Waals surface area contributed by atoms with Gasteiger partial charge in [-0.1, -0.05) is 119 Å². The summed E-state index contributed by atoms with van der Waals surface area (Å²) in [7, 11) is -1.56. The van der Waals surface area contributed by atoms with Gasteiger partial charge in [-0.05, 0) is 52.8 Å². The van der Waals surface area contributed by atoms with Crippen molar-refractivity contribution in [1.82, 2.24) is 9.97 Å². The van der Waals surface area contributed by atoms with Gasteiger partial charge in [-0.15, -0.1) is 42.0 Å². The number of aryl methyl sites for hydroxylation is 1. The first-order valence-electron chi connectivity index (χ1n) is 18.2. The average Bonchev–Trinajstić information content (AvgIpc) is 3.42. The first-order valence-corrected chi connectivity index (χ1v) is 19.2. The molecule has 0 aliphatic rings. The van der Waals surface area contributed by atoms with Crippen LogP contribution in [0.3, 0.4) is 0 Å². The van der Waals surface area contributed by atoms with Gasteiger partial charge in [0.2, 0.25) is 0 Å². The van der Waals surface area contributed by atoms with Crippen molar-refractivity contribution >= 4 is 35.2 Å². The molecule has 0 aliphatic heterocycles. The summed E-state index contributed by atoms with van der Waals surface area (Å²) in [6, 6.07) is 25.7. The smallest absolute Gasteiger partial charge is 0.120 e. The minimum Gasteiger partial charge on any atom is -0.501 e. The zero-order valence-electron chi connectivity index (χ0n) is 33.3. The van der Waals surface area contributed by atoms with Gasteiger partial charge in [0, 0.05) is 50.6 Å². The van der Waals surface area contributed by atoms with E-state index in [2.05, 4.69) is 55.6 Å². The molecule has 3 heterocycles. The Balaban J connectivity index is 0.000000229. The summed E-state index contributed by atoms with van der Waals surface area (Å²) in [5.41, 5.74) is 4.94. The fraction of sp³-hybridized carbons (Fsp3) is 0.317. The molecule has 0 saturated carbocycles. The molecule has 6 heteroatoms. The van der Waals surface area contributed by atoms with Crippen molar-refractivity contribution in [3.05, 3.63) is 114 Å². The largest absolute Gasteiger partial charge is 0.501 e. The molecule has 0 unspecified atom stereocenters. The van der Waals surface area contributed by atoms with Crippen molar-refractivity contribution < 1.29 is 35.8 Å². The van der Waals surface area contributed by atoms with Crippen LogP contribution in [-0.4, -0.2) is 18.0 Å². The Kier molecular flexibility index (Phi) is 9.32. The number of hydrogen-bond acceptors (Lipinski definition) is 3. The summed E-state index contributed by atoms with van der Waals surface area (Å²) in [5.74, 6) is -0.116. The van der Waals surface area contributed by atoms with E-state index < -0.39 is 32.5 Å². The zero-order valence-corrected chi connectivity index (χ0v) is 31.7. The number of hydrogen-bond donors (Lipinski definition) is 0. The summed E-state index contributed by atoms with van der Waals surface area (Å²) in [5, 5.41) is 3.35. The molecule has 3 aromatic heterocycles. The van der Waals surface area contributed by atoms with E-state index >= 15 is 0 Å². The number of halogens is 1. The number of rotatable bonds is 6. The van der Waals surface area contributed by atoms with Crippen molar-refractivity contribution in [2.45, 2.75) is 73.9 Å². The van der Waals surface area contributed by atoms with Gasteiger partial charge < -0.3 is 14.4 Å². The third kappa shape index (κ3) is 8.93. The van der Waals surface area contributed by atoms with E-state index in [0.29, 0.717) is 22.9 Å². The van der Waals surface area contributed by atoms with Crippen molar-refractivity contribution in [3.8, 4) is 22.5 Å². The van der Waals surface area contributed by atoms with Crippen LogP contribution in [0.5, 0.6) is 0 Å². The number of nitrogens with zero attached hydrogens (tertiary/aromatic N) is 2. The summed E-state index contributed by atoms with van der Waals surface area (Å²) < 4.78 is 59.8. The van der Waals surface area contributed by atoms with Crippen molar-refractivity contribution in [2.24, 2.45) is 11.3 Å². The normalized spacial score (nSPS) is 14.0. The molecule has 0 atom stereocenters. The molecule has 0 bridgehead atoms. The number of benzene rings is 3. The van der Waals surface area contributed by atoms with Gasteiger partial charge in [0.1, 0.15) is 5.58 Å². The summed E-state index contributed by atoms with van der Waals surface area (Å²) in [6.07, 6.45) is 2.95. The maximum atomic E-state index is 14.5. The maximum absolute atomic E-state index is 14.5. The molecule has 0 fully saturated rings. The second-order valence-corrected chi connectivity index (χ2v) is 19.2. The molecule has 0 spiro atoms. The van der Waals surface area contributed by atoms with E-state index in [4.69, 9.17) is 11.3 Å². The third-order valence-electron chi connectivity index (χ3n) is 7.45. The quantitative estimate of drug-likeness (QED) is 0.124. The second-order valence-electron chi connectivity index (χ2n) is 14.2. The number of aromatic nitrogens is 2. The predicted octanol–water partition coefficient (Wildman–Crippen LogP) is 10.8. The van der Waals surface area contributed by atoms with Crippen LogP contribution in [0.4, 0.5) is 4.39 Å². The van der Waals surface area contributed by atoms with Gasteiger partial charge in [-0.3, -0.25) is 4.39 Å². The SMILES string of the molecule is [2H]C([2H])([2H])c1c[c-]c(-c2cc(CC(C)C)c([Si](C)(C)C)cn2)c(F)c1.[2H]C([2H])(c1ccnc(-c2[c-]ccc3c2oc2ccccc23)c1)C(C)(C)C.[Ir]. The van der Waals surface area contributed by atoms with Crippen molar-refractivity contribution in [2.75, 3.05) is 0 Å². The molecule has 6 aromatic rings. The van der Waals surface area contributed by atoms with E-state index in [1.807, 2.05) is 75.5 Å². The molecule has 0 saturated heterocycles.